The van der Waals surface area contributed by atoms with Gasteiger partial charge in [-0.3, -0.25) is 30.3 Å². The van der Waals surface area contributed by atoms with Gasteiger partial charge in [-0.25, -0.2) is 0 Å². The number of nitrogens with one attached hydrogen (secondary N) is 1. The highest BCUT2D eigenvalue weighted by Gasteiger charge is 2.22. The highest BCUT2D eigenvalue weighted by molar-refractivity contribution is 5.76. The number of nitrogens with zero attached hydrogens (tertiary/aromatic N) is 3. The molecular weight excluding hydrogens is 308 g/mol. The monoisotopic (exact) mass is 318 g/mol. The molecule has 10 heteroatoms. The van der Waals surface area contributed by atoms with Crippen molar-refractivity contribution in [1.82, 2.24) is 0 Å². The zero-order chi connectivity index (χ0) is 17.1. The van der Waals surface area contributed by atoms with E-state index in [2.05, 4.69) is 5.32 Å². The van der Waals surface area contributed by atoms with E-state index >= 15 is 0 Å². The summed E-state index contributed by atoms with van der Waals surface area (Å²) in [5.74, 6) is 0. The largest absolute Gasteiger partial charge is 0.344 e. The molecule has 0 fully saturated rings. The van der Waals surface area contributed by atoms with Crippen molar-refractivity contribution in [3.63, 3.8) is 0 Å². The molecule has 23 heavy (non-hydrogen) atoms. The van der Waals surface area contributed by atoms with E-state index in [1.165, 1.54) is 12.1 Å². The Morgan fingerprint density at radius 2 is 1.30 bits per heavy atom. The van der Waals surface area contributed by atoms with E-state index in [-0.39, 0.29) is 17.1 Å². The van der Waals surface area contributed by atoms with E-state index in [1.54, 1.807) is 13.0 Å². The van der Waals surface area contributed by atoms with Crippen LogP contribution in [0.5, 0.6) is 0 Å². The molecule has 2 aromatic rings. The predicted molar refractivity (Wildman–Crippen MR) is 80.9 cm³/mol. The summed E-state index contributed by atoms with van der Waals surface area (Å²) in [6.07, 6.45) is 0. The van der Waals surface area contributed by atoms with Crippen LogP contribution in [0.4, 0.5) is 28.4 Å². The van der Waals surface area contributed by atoms with Crippen molar-refractivity contribution in [3.8, 4) is 0 Å². The van der Waals surface area contributed by atoms with Crippen LogP contribution in [0.1, 0.15) is 5.56 Å². The molecule has 0 amide bonds. The van der Waals surface area contributed by atoms with Gasteiger partial charge in [0.2, 0.25) is 0 Å². The zero-order valence-electron chi connectivity index (χ0n) is 11.8. The zero-order valence-corrected chi connectivity index (χ0v) is 11.8. The van der Waals surface area contributed by atoms with E-state index in [1.807, 2.05) is 0 Å². The quantitative estimate of drug-likeness (QED) is 0.657. The van der Waals surface area contributed by atoms with Crippen molar-refractivity contribution < 1.29 is 14.8 Å². The third kappa shape index (κ3) is 3.37. The van der Waals surface area contributed by atoms with Crippen LogP contribution in [0, 0.1) is 37.3 Å². The Morgan fingerprint density at radius 3 is 1.83 bits per heavy atom. The molecule has 2 aromatic carbocycles. The van der Waals surface area contributed by atoms with Gasteiger partial charge in [0.15, 0.2) is 0 Å². The molecule has 0 atom stereocenters. The van der Waals surface area contributed by atoms with Gasteiger partial charge in [0, 0.05) is 12.1 Å². The number of rotatable bonds is 5. The normalized spacial score (nSPS) is 10.1. The molecule has 0 saturated heterocycles. The first-order valence-electron chi connectivity index (χ1n) is 6.24. The molecule has 0 spiro atoms. The summed E-state index contributed by atoms with van der Waals surface area (Å²) in [4.78, 5) is 30.7. The highest BCUT2D eigenvalue weighted by Crippen LogP contribution is 2.34. The molecule has 0 aliphatic carbocycles. The average molecular weight is 318 g/mol. The van der Waals surface area contributed by atoms with Crippen molar-refractivity contribution >= 4 is 28.4 Å². The minimum Gasteiger partial charge on any atom is -0.344 e. The van der Waals surface area contributed by atoms with Crippen LogP contribution < -0.4 is 5.32 Å². The summed E-state index contributed by atoms with van der Waals surface area (Å²) in [6, 6.07) is 7.35. The second-order valence-corrected chi connectivity index (χ2v) is 4.62. The lowest BCUT2D eigenvalue weighted by Crippen LogP contribution is -2.01. The second-order valence-electron chi connectivity index (χ2n) is 4.62. The number of hydrogen-bond donors (Lipinski definition) is 1. The maximum Gasteiger partial charge on any atom is 0.299 e. The molecule has 118 valence electrons. The maximum absolute atomic E-state index is 11.1. The van der Waals surface area contributed by atoms with E-state index in [9.17, 15) is 30.3 Å². The maximum atomic E-state index is 11.1. The number of nitro groups is 3. The summed E-state index contributed by atoms with van der Waals surface area (Å²) in [7, 11) is 0. The van der Waals surface area contributed by atoms with Crippen molar-refractivity contribution in [2.45, 2.75) is 6.92 Å². The smallest absolute Gasteiger partial charge is 0.299 e. The lowest BCUT2D eigenvalue weighted by Gasteiger charge is -2.08. The third-order valence-electron chi connectivity index (χ3n) is 3.01. The van der Waals surface area contributed by atoms with E-state index in [4.69, 9.17) is 0 Å². The van der Waals surface area contributed by atoms with Crippen LogP contribution in [-0.4, -0.2) is 14.8 Å². The number of aryl methyl sites for hydroxylation is 1. The molecule has 0 saturated carbocycles. The van der Waals surface area contributed by atoms with Crippen molar-refractivity contribution in [2.24, 2.45) is 0 Å². The van der Waals surface area contributed by atoms with Gasteiger partial charge in [-0.05, 0) is 24.6 Å². The third-order valence-corrected chi connectivity index (χ3v) is 3.01. The van der Waals surface area contributed by atoms with Gasteiger partial charge in [-0.1, -0.05) is 6.07 Å². The fourth-order valence-corrected chi connectivity index (χ4v) is 1.93. The number of benzene rings is 2. The average Bonchev–Trinajstić information content (AvgIpc) is 2.48. The van der Waals surface area contributed by atoms with Gasteiger partial charge < -0.3 is 5.32 Å². The SMILES string of the molecule is Cc1ccc(Nc2ccc([N+](=O)[O-])cc2[N+](=O)[O-])c([N+](=O)[O-])c1. The Labute approximate surface area is 128 Å². The van der Waals surface area contributed by atoms with Gasteiger partial charge in [0.05, 0.1) is 20.8 Å². The van der Waals surface area contributed by atoms with Crippen LogP contribution in [-0.2, 0) is 0 Å². The minimum absolute atomic E-state index is 0.0533. The molecule has 0 bridgehead atoms. The highest BCUT2D eigenvalue weighted by atomic mass is 16.6. The molecular formula is C13H10N4O6. The van der Waals surface area contributed by atoms with E-state index < -0.39 is 26.1 Å². The van der Waals surface area contributed by atoms with Crippen LogP contribution in [0.25, 0.3) is 0 Å². The second kappa shape index (κ2) is 6.05. The van der Waals surface area contributed by atoms with E-state index in [0.717, 1.165) is 18.2 Å². The summed E-state index contributed by atoms with van der Waals surface area (Å²) in [5.41, 5.74) is -0.613. The molecule has 0 aliphatic heterocycles. The molecule has 0 aliphatic rings. The topological polar surface area (TPSA) is 141 Å². The number of nitro benzene ring substituents is 3. The predicted octanol–water partition coefficient (Wildman–Crippen LogP) is 3.46. The fourth-order valence-electron chi connectivity index (χ4n) is 1.93. The van der Waals surface area contributed by atoms with Gasteiger partial charge in [-0.2, -0.15) is 0 Å². The van der Waals surface area contributed by atoms with Crippen LogP contribution in [0.3, 0.4) is 0 Å². The first-order valence-corrected chi connectivity index (χ1v) is 6.24. The Morgan fingerprint density at radius 1 is 0.783 bits per heavy atom. The molecule has 1 N–H and O–H groups in total. The van der Waals surface area contributed by atoms with Gasteiger partial charge >= 0.3 is 0 Å². The van der Waals surface area contributed by atoms with Crippen molar-refractivity contribution in [3.05, 3.63) is 72.3 Å². The number of anilines is 2. The van der Waals surface area contributed by atoms with E-state index in [0.29, 0.717) is 5.56 Å². The van der Waals surface area contributed by atoms with Gasteiger partial charge in [-0.15, -0.1) is 0 Å². The van der Waals surface area contributed by atoms with Crippen LogP contribution in [0.15, 0.2) is 36.4 Å². The lowest BCUT2D eigenvalue weighted by molar-refractivity contribution is -0.393. The Balaban J connectivity index is 2.50. The Bertz CT molecular complexity index is 820. The number of hydrogen-bond acceptors (Lipinski definition) is 7. The summed E-state index contributed by atoms with van der Waals surface area (Å²) in [6.45, 7) is 1.67. The van der Waals surface area contributed by atoms with Crippen molar-refractivity contribution in [1.29, 1.82) is 0 Å². The number of non-ortho nitro benzene ring substituents is 1. The Hall–Kier alpha value is -3.56. The van der Waals surface area contributed by atoms with Gasteiger partial charge in [0.25, 0.3) is 17.1 Å². The molecule has 0 heterocycles. The summed E-state index contributed by atoms with van der Waals surface area (Å²) in [5, 5.41) is 35.4. The fraction of sp³-hybridized carbons (Fsp3) is 0.0769. The lowest BCUT2D eigenvalue weighted by atomic mass is 10.1. The molecule has 10 nitrogen and oxygen atoms in total. The summed E-state index contributed by atoms with van der Waals surface area (Å²) < 4.78 is 0. The standard InChI is InChI=1S/C13H10N4O6/c1-8-2-4-10(12(6-8)16(20)21)14-11-5-3-9(15(18)19)7-13(11)17(22)23/h2-7,14H,1H3. The molecule has 2 rings (SSSR count). The first kappa shape index (κ1) is 15.8. The summed E-state index contributed by atoms with van der Waals surface area (Å²) >= 11 is 0. The first-order chi connectivity index (χ1) is 10.8. The Kier molecular flexibility index (Phi) is 4.16. The minimum atomic E-state index is -0.796. The molecule has 0 radical (unpaired) electrons. The molecule has 0 unspecified atom stereocenters. The van der Waals surface area contributed by atoms with Crippen molar-refractivity contribution in [2.75, 3.05) is 5.32 Å². The molecule has 0 aromatic heterocycles. The van der Waals surface area contributed by atoms with Gasteiger partial charge in [0.1, 0.15) is 11.4 Å². The van der Waals surface area contributed by atoms with Crippen LogP contribution in [0.2, 0.25) is 0 Å². The van der Waals surface area contributed by atoms with Crippen LogP contribution >= 0.6 is 0 Å².